The number of hydrogen-bond acceptors (Lipinski definition) is 4. The first kappa shape index (κ1) is 15.7. The van der Waals surface area contributed by atoms with Crippen molar-refractivity contribution >= 4 is 21.4 Å². The number of sulfonamides is 1. The maximum absolute atomic E-state index is 12.5. The van der Waals surface area contributed by atoms with Crippen molar-refractivity contribution in [1.29, 1.82) is 0 Å². The second kappa shape index (κ2) is 6.39. The predicted molar refractivity (Wildman–Crippen MR) is 83.4 cm³/mol. The molecule has 20 heavy (non-hydrogen) atoms. The maximum Gasteiger partial charge on any atom is 0.252 e. The molecular weight excluding hydrogens is 292 g/mol. The van der Waals surface area contributed by atoms with E-state index in [1.54, 1.807) is 10.4 Å². The molecule has 0 atom stereocenters. The molecule has 0 saturated heterocycles. The van der Waals surface area contributed by atoms with Gasteiger partial charge in [0.15, 0.2) is 0 Å². The van der Waals surface area contributed by atoms with Crippen molar-refractivity contribution in [3.05, 3.63) is 28.7 Å². The highest BCUT2D eigenvalue weighted by molar-refractivity contribution is 7.91. The standard InChI is InChI=1S/C14H22N2O2S2/c1-11(2)15-10-13-4-5-14(19-13)20(17,18)16-8-6-12(3)7-9-16/h4-6,11,15H,7-10H2,1-3H3. The van der Waals surface area contributed by atoms with Crippen molar-refractivity contribution in [3.63, 3.8) is 0 Å². The van der Waals surface area contributed by atoms with Gasteiger partial charge in [0.25, 0.3) is 10.0 Å². The Bertz CT molecular complexity index is 588. The Morgan fingerprint density at radius 1 is 1.40 bits per heavy atom. The molecule has 1 aliphatic rings. The van der Waals surface area contributed by atoms with Crippen molar-refractivity contribution in [2.45, 2.75) is 44.0 Å². The van der Waals surface area contributed by atoms with E-state index in [0.29, 0.717) is 23.3 Å². The molecule has 112 valence electrons. The van der Waals surface area contributed by atoms with Gasteiger partial charge in [-0.05, 0) is 25.5 Å². The second-order valence-corrected chi connectivity index (χ2v) is 8.75. The van der Waals surface area contributed by atoms with Crippen LogP contribution in [0.3, 0.4) is 0 Å². The van der Waals surface area contributed by atoms with Crippen LogP contribution in [0.5, 0.6) is 0 Å². The van der Waals surface area contributed by atoms with Gasteiger partial charge in [-0.2, -0.15) is 4.31 Å². The van der Waals surface area contributed by atoms with E-state index < -0.39 is 10.0 Å². The largest absolute Gasteiger partial charge is 0.310 e. The zero-order valence-electron chi connectivity index (χ0n) is 12.2. The minimum atomic E-state index is -3.32. The van der Waals surface area contributed by atoms with E-state index in [9.17, 15) is 8.42 Å². The molecular formula is C14H22N2O2S2. The lowest BCUT2D eigenvalue weighted by atomic mass is 10.1. The van der Waals surface area contributed by atoms with Gasteiger partial charge >= 0.3 is 0 Å². The van der Waals surface area contributed by atoms with Crippen LogP contribution in [-0.2, 0) is 16.6 Å². The molecule has 2 rings (SSSR count). The quantitative estimate of drug-likeness (QED) is 0.850. The topological polar surface area (TPSA) is 49.4 Å². The monoisotopic (exact) mass is 314 g/mol. The third-order valence-electron chi connectivity index (χ3n) is 3.31. The molecule has 4 nitrogen and oxygen atoms in total. The van der Waals surface area contributed by atoms with Crippen LogP contribution in [0.1, 0.15) is 32.1 Å². The molecule has 0 bridgehead atoms. The molecule has 0 amide bonds. The van der Waals surface area contributed by atoms with Crippen LogP contribution in [0.25, 0.3) is 0 Å². The van der Waals surface area contributed by atoms with Crippen LogP contribution in [0.15, 0.2) is 28.0 Å². The van der Waals surface area contributed by atoms with Gasteiger partial charge in [0, 0.05) is 30.6 Å². The molecule has 0 unspecified atom stereocenters. The zero-order valence-corrected chi connectivity index (χ0v) is 13.9. The number of thiophene rings is 1. The minimum absolute atomic E-state index is 0.396. The third-order valence-corrected chi connectivity index (χ3v) is 6.73. The van der Waals surface area contributed by atoms with Crippen molar-refractivity contribution in [1.82, 2.24) is 9.62 Å². The number of nitrogens with one attached hydrogen (secondary N) is 1. The molecule has 6 heteroatoms. The Hall–Kier alpha value is -0.690. The summed E-state index contributed by atoms with van der Waals surface area (Å²) in [4.78, 5) is 1.06. The van der Waals surface area contributed by atoms with Crippen LogP contribution in [0.4, 0.5) is 0 Å². The summed E-state index contributed by atoms with van der Waals surface area (Å²) in [6.45, 7) is 8.00. The molecule has 0 radical (unpaired) electrons. The van der Waals surface area contributed by atoms with Crippen LogP contribution in [-0.4, -0.2) is 31.9 Å². The summed E-state index contributed by atoms with van der Waals surface area (Å²) >= 11 is 1.36. The van der Waals surface area contributed by atoms with E-state index in [4.69, 9.17) is 0 Å². The van der Waals surface area contributed by atoms with Crippen LogP contribution >= 0.6 is 11.3 Å². The second-order valence-electron chi connectivity index (χ2n) is 5.42. The first-order chi connectivity index (χ1) is 9.39. The molecule has 1 aromatic heterocycles. The van der Waals surface area contributed by atoms with E-state index >= 15 is 0 Å². The zero-order chi connectivity index (χ0) is 14.8. The Balaban J connectivity index is 2.10. The van der Waals surface area contributed by atoms with Gasteiger partial charge in [0.05, 0.1) is 0 Å². The van der Waals surface area contributed by atoms with Gasteiger partial charge in [0.1, 0.15) is 4.21 Å². The Kier molecular flexibility index (Phi) is 5.01. The molecule has 1 N–H and O–H groups in total. The molecule has 2 heterocycles. The van der Waals surface area contributed by atoms with Gasteiger partial charge in [0.2, 0.25) is 0 Å². The third kappa shape index (κ3) is 3.69. The molecule has 1 aliphatic heterocycles. The van der Waals surface area contributed by atoms with Gasteiger partial charge in [-0.15, -0.1) is 11.3 Å². The fourth-order valence-corrected chi connectivity index (χ4v) is 4.84. The highest BCUT2D eigenvalue weighted by Gasteiger charge is 2.26. The Morgan fingerprint density at radius 2 is 2.15 bits per heavy atom. The van der Waals surface area contributed by atoms with Gasteiger partial charge in [-0.3, -0.25) is 0 Å². The summed E-state index contributed by atoms with van der Waals surface area (Å²) in [6.07, 6.45) is 2.82. The van der Waals surface area contributed by atoms with Crippen molar-refractivity contribution < 1.29 is 8.42 Å². The molecule has 0 saturated carbocycles. The predicted octanol–water partition coefficient (Wildman–Crippen LogP) is 2.59. The summed E-state index contributed by atoms with van der Waals surface area (Å²) in [6, 6.07) is 4.02. The van der Waals surface area contributed by atoms with E-state index in [2.05, 4.69) is 19.2 Å². The molecule has 0 aromatic carbocycles. The molecule has 0 fully saturated rings. The summed E-state index contributed by atoms with van der Waals surface area (Å²) in [5.41, 5.74) is 1.27. The van der Waals surface area contributed by atoms with E-state index in [-0.39, 0.29) is 0 Å². The fraction of sp³-hybridized carbons (Fsp3) is 0.571. The average Bonchev–Trinajstić information content (AvgIpc) is 2.86. The number of hydrogen-bond donors (Lipinski definition) is 1. The summed E-state index contributed by atoms with van der Waals surface area (Å²) in [5, 5.41) is 3.30. The van der Waals surface area contributed by atoms with Gasteiger partial charge < -0.3 is 5.32 Å². The fourth-order valence-electron chi connectivity index (χ4n) is 1.99. The Morgan fingerprint density at radius 3 is 2.75 bits per heavy atom. The van der Waals surface area contributed by atoms with Crippen LogP contribution in [0.2, 0.25) is 0 Å². The van der Waals surface area contributed by atoms with E-state index in [1.165, 1.54) is 16.9 Å². The lowest BCUT2D eigenvalue weighted by Gasteiger charge is -2.23. The minimum Gasteiger partial charge on any atom is -0.310 e. The maximum atomic E-state index is 12.5. The SMILES string of the molecule is CC1=CCN(S(=O)(=O)c2ccc(CNC(C)C)s2)CC1. The van der Waals surface area contributed by atoms with Gasteiger partial charge in [-0.25, -0.2) is 8.42 Å². The lowest BCUT2D eigenvalue weighted by molar-refractivity contribution is 0.433. The lowest BCUT2D eigenvalue weighted by Crippen LogP contribution is -2.34. The van der Waals surface area contributed by atoms with Crippen LogP contribution in [0, 0.1) is 0 Å². The van der Waals surface area contributed by atoms with Crippen molar-refractivity contribution in [3.8, 4) is 0 Å². The van der Waals surface area contributed by atoms with Crippen molar-refractivity contribution in [2.24, 2.45) is 0 Å². The van der Waals surface area contributed by atoms with E-state index in [0.717, 1.165) is 17.8 Å². The molecule has 1 aromatic rings. The molecule has 0 aliphatic carbocycles. The number of nitrogens with zero attached hydrogens (tertiary/aromatic N) is 1. The first-order valence-electron chi connectivity index (χ1n) is 6.87. The highest BCUT2D eigenvalue weighted by atomic mass is 32.2. The summed E-state index contributed by atoms with van der Waals surface area (Å²) < 4.78 is 27.1. The molecule has 0 spiro atoms. The summed E-state index contributed by atoms with van der Waals surface area (Å²) in [5.74, 6) is 0. The highest BCUT2D eigenvalue weighted by Crippen LogP contribution is 2.26. The van der Waals surface area contributed by atoms with Crippen LogP contribution < -0.4 is 5.32 Å². The average molecular weight is 314 g/mol. The number of rotatable bonds is 5. The Labute approximate surface area is 125 Å². The van der Waals surface area contributed by atoms with Gasteiger partial charge in [-0.1, -0.05) is 25.5 Å². The first-order valence-corrected chi connectivity index (χ1v) is 9.13. The summed E-state index contributed by atoms with van der Waals surface area (Å²) in [7, 11) is -3.32. The van der Waals surface area contributed by atoms with Crippen molar-refractivity contribution in [2.75, 3.05) is 13.1 Å². The normalized spacial score (nSPS) is 17.5. The smallest absolute Gasteiger partial charge is 0.252 e. The van der Waals surface area contributed by atoms with E-state index in [1.807, 2.05) is 19.1 Å².